The van der Waals surface area contributed by atoms with Gasteiger partial charge in [-0.1, -0.05) is 29.4 Å². The molecule has 8 heteroatoms. The largest absolute Gasteiger partial charge is 0.497 e. The number of aromatic nitrogens is 1. The lowest BCUT2D eigenvalue weighted by Gasteiger charge is -2.14. The fourth-order valence-corrected chi connectivity index (χ4v) is 4.12. The molecule has 0 radical (unpaired) electrons. The number of benzene rings is 3. The highest BCUT2D eigenvalue weighted by Gasteiger charge is 2.30. The normalized spacial score (nSPS) is 11.9. The molecule has 0 fully saturated rings. The Kier molecular flexibility index (Phi) is 7.57. The summed E-state index contributed by atoms with van der Waals surface area (Å²) in [5.41, 5.74) is 4.83. The second-order valence-corrected chi connectivity index (χ2v) is 8.44. The highest BCUT2D eigenvalue weighted by molar-refractivity contribution is 6.01. The van der Waals surface area contributed by atoms with Crippen molar-refractivity contribution in [1.29, 1.82) is 0 Å². The first-order valence-electron chi connectivity index (χ1n) is 11.6. The summed E-state index contributed by atoms with van der Waals surface area (Å²) >= 11 is 0. The van der Waals surface area contributed by atoms with Gasteiger partial charge < -0.3 is 18.9 Å². The van der Waals surface area contributed by atoms with Crippen LogP contribution < -0.4 is 9.47 Å². The molecule has 0 atom stereocenters. The predicted octanol–water partition coefficient (Wildman–Crippen LogP) is 7.43. The van der Waals surface area contributed by atoms with Crippen LogP contribution in [-0.2, 0) is 17.6 Å². The molecule has 0 aliphatic rings. The number of ether oxygens (including phenoxy) is 2. The summed E-state index contributed by atoms with van der Waals surface area (Å²) in [6.45, 7) is 3.71. The van der Waals surface area contributed by atoms with Crippen LogP contribution in [-0.4, -0.2) is 24.5 Å². The summed E-state index contributed by atoms with van der Waals surface area (Å²) in [6.07, 6.45) is -4.41. The van der Waals surface area contributed by atoms with Crippen LogP contribution in [0.3, 0.4) is 0 Å². The molecular formula is C29H27F3N2O3. The zero-order valence-electron chi connectivity index (χ0n) is 21.0. The molecule has 0 aliphatic carbocycles. The van der Waals surface area contributed by atoms with E-state index in [2.05, 4.69) is 9.72 Å². The van der Waals surface area contributed by atoms with Crippen molar-refractivity contribution in [1.82, 2.24) is 4.57 Å². The molecule has 0 saturated carbocycles. The van der Waals surface area contributed by atoms with Gasteiger partial charge in [-0.3, -0.25) is 0 Å². The van der Waals surface area contributed by atoms with Gasteiger partial charge in [0, 0.05) is 22.5 Å². The van der Waals surface area contributed by atoms with Crippen molar-refractivity contribution >= 4 is 5.71 Å². The van der Waals surface area contributed by atoms with Gasteiger partial charge in [0.05, 0.1) is 31.2 Å². The topological polar surface area (TPSA) is 45.0 Å². The molecule has 5 nitrogen and oxygen atoms in total. The third-order valence-corrected chi connectivity index (χ3v) is 6.02. The first kappa shape index (κ1) is 25.9. The van der Waals surface area contributed by atoms with E-state index in [9.17, 15) is 13.2 Å². The molecule has 1 aromatic heterocycles. The smallest absolute Gasteiger partial charge is 0.416 e. The quantitative estimate of drug-likeness (QED) is 0.184. The highest BCUT2D eigenvalue weighted by atomic mass is 19.4. The van der Waals surface area contributed by atoms with Gasteiger partial charge in [0.25, 0.3) is 0 Å². The van der Waals surface area contributed by atoms with Crippen LogP contribution in [0.2, 0.25) is 0 Å². The van der Waals surface area contributed by atoms with E-state index in [0.29, 0.717) is 11.3 Å². The molecule has 192 valence electrons. The third kappa shape index (κ3) is 5.80. The first-order valence-corrected chi connectivity index (χ1v) is 11.6. The van der Waals surface area contributed by atoms with Crippen LogP contribution in [0.15, 0.2) is 84.0 Å². The number of methoxy groups -OCH3 is 2. The predicted molar refractivity (Wildman–Crippen MR) is 137 cm³/mol. The number of oxime groups is 1. The monoisotopic (exact) mass is 508 g/mol. The van der Waals surface area contributed by atoms with E-state index >= 15 is 0 Å². The van der Waals surface area contributed by atoms with Crippen molar-refractivity contribution in [3.8, 4) is 28.4 Å². The molecule has 0 N–H and O–H groups in total. The molecule has 1 heterocycles. The molecule has 37 heavy (non-hydrogen) atoms. The number of nitrogens with zero attached hydrogens (tertiary/aromatic N) is 2. The van der Waals surface area contributed by atoms with Crippen molar-refractivity contribution in [3.63, 3.8) is 0 Å². The molecule has 0 bridgehead atoms. The maximum atomic E-state index is 13.0. The SMILES string of the molecule is COc1ccc(-n2c(-c3cccc(OC)c3)cc(/C(C)=N/OCc3cccc(C(F)(F)F)c3)c2C)cc1. The molecule has 0 amide bonds. The third-order valence-electron chi connectivity index (χ3n) is 6.02. The van der Waals surface area contributed by atoms with E-state index in [1.54, 1.807) is 20.3 Å². The lowest BCUT2D eigenvalue weighted by atomic mass is 10.1. The number of hydrogen-bond acceptors (Lipinski definition) is 4. The minimum absolute atomic E-state index is 0.0811. The fraction of sp³-hybridized carbons (Fsp3) is 0.207. The van der Waals surface area contributed by atoms with Crippen LogP contribution in [0.25, 0.3) is 16.9 Å². The highest BCUT2D eigenvalue weighted by Crippen LogP contribution is 2.33. The Bertz CT molecular complexity index is 1410. The number of rotatable bonds is 8. The van der Waals surface area contributed by atoms with Crippen molar-refractivity contribution in [2.24, 2.45) is 5.16 Å². The lowest BCUT2D eigenvalue weighted by molar-refractivity contribution is -0.137. The minimum atomic E-state index is -4.41. The van der Waals surface area contributed by atoms with E-state index in [0.717, 1.165) is 51.8 Å². The molecule has 0 spiro atoms. The molecule has 4 aromatic rings. The van der Waals surface area contributed by atoms with Crippen molar-refractivity contribution < 1.29 is 27.5 Å². The van der Waals surface area contributed by atoms with E-state index in [4.69, 9.17) is 14.3 Å². The van der Waals surface area contributed by atoms with Crippen LogP contribution in [0.1, 0.15) is 29.3 Å². The fourth-order valence-electron chi connectivity index (χ4n) is 4.12. The summed E-state index contributed by atoms with van der Waals surface area (Å²) in [7, 11) is 3.24. The molecule has 0 unspecified atom stereocenters. The van der Waals surface area contributed by atoms with Gasteiger partial charge in [-0.05, 0) is 74.0 Å². The van der Waals surface area contributed by atoms with Crippen molar-refractivity contribution in [2.45, 2.75) is 26.6 Å². The van der Waals surface area contributed by atoms with Gasteiger partial charge in [-0.25, -0.2) is 0 Å². The van der Waals surface area contributed by atoms with Crippen LogP contribution >= 0.6 is 0 Å². The number of alkyl halides is 3. The second-order valence-electron chi connectivity index (χ2n) is 8.44. The number of halogens is 3. The van der Waals surface area contributed by atoms with Crippen molar-refractivity contribution in [2.75, 3.05) is 14.2 Å². The second kappa shape index (κ2) is 10.8. The first-order chi connectivity index (χ1) is 17.7. The molecule has 4 rings (SSSR count). The van der Waals surface area contributed by atoms with E-state index in [1.165, 1.54) is 6.07 Å². The van der Waals surface area contributed by atoms with Gasteiger partial charge in [0.2, 0.25) is 0 Å². The summed E-state index contributed by atoms with van der Waals surface area (Å²) in [5, 5.41) is 4.22. The van der Waals surface area contributed by atoms with E-state index in [-0.39, 0.29) is 6.61 Å². The van der Waals surface area contributed by atoms with Crippen LogP contribution in [0.4, 0.5) is 13.2 Å². The van der Waals surface area contributed by atoms with E-state index < -0.39 is 11.7 Å². The molecule has 0 aliphatic heterocycles. The van der Waals surface area contributed by atoms with Gasteiger partial charge >= 0.3 is 6.18 Å². The van der Waals surface area contributed by atoms with Crippen molar-refractivity contribution in [3.05, 3.63) is 101 Å². The summed E-state index contributed by atoms with van der Waals surface area (Å²) in [5.74, 6) is 1.48. The Morgan fingerprint density at radius 1 is 0.865 bits per heavy atom. The zero-order chi connectivity index (χ0) is 26.6. The average molecular weight is 509 g/mol. The van der Waals surface area contributed by atoms with Gasteiger partial charge in [0.15, 0.2) is 0 Å². The maximum Gasteiger partial charge on any atom is 0.416 e. The minimum Gasteiger partial charge on any atom is -0.497 e. The lowest BCUT2D eigenvalue weighted by Crippen LogP contribution is -2.05. The van der Waals surface area contributed by atoms with Crippen LogP contribution in [0.5, 0.6) is 11.5 Å². The Hall–Kier alpha value is -4.20. The Labute approximate surface area is 213 Å². The molecule has 0 saturated heterocycles. The van der Waals surface area contributed by atoms with Gasteiger partial charge in [0.1, 0.15) is 18.1 Å². The van der Waals surface area contributed by atoms with E-state index in [1.807, 2.05) is 68.4 Å². The maximum absolute atomic E-state index is 13.0. The Balaban J connectivity index is 1.69. The summed E-state index contributed by atoms with van der Waals surface area (Å²) in [6, 6.07) is 22.5. The Morgan fingerprint density at radius 2 is 1.57 bits per heavy atom. The van der Waals surface area contributed by atoms with Gasteiger partial charge in [-0.15, -0.1) is 0 Å². The number of hydrogen-bond donors (Lipinski definition) is 0. The average Bonchev–Trinajstić information content (AvgIpc) is 3.25. The summed E-state index contributed by atoms with van der Waals surface area (Å²) < 4.78 is 51.9. The molecule has 3 aromatic carbocycles. The Morgan fingerprint density at radius 3 is 2.24 bits per heavy atom. The zero-order valence-corrected chi connectivity index (χ0v) is 21.0. The molecular weight excluding hydrogens is 481 g/mol. The summed E-state index contributed by atoms with van der Waals surface area (Å²) in [4.78, 5) is 5.46. The van der Waals surface area contributed by atoms with Gasteiger partial charge in [-0.2, -0.15) is 13.2 Å². The van der Waals surface area contributed by atoms with Crippen LogP contribution in [0, 0.1) is 6.92 Å². The standard InChI is InChI=1S/C29H27F3N2O3/c1-19(33-37-18-21-7-5-9-23(15-21)29(30,31)32)27-17-28(22-8-6-10-26(16-22)36-4)34(20(27)2)24-11-13-25(35-3)14-12-24/h5-17H,18H2,1-4H3/b33-19+.